The number of ether oxygens (including phenoxy) is 3. The third-order valence-corrected chi connectivity index (χ3v) is 6.56. The first-order chi connectivity index (χ1) is 18.0. The van der Waals surface area contributed by atoms with Crippen molar-refractivity contribution in [2.24, 2.45) is 0 Å². The van der Waals surface area contributed by atoms with Gasteiger partial charge in [-0.15, -0.1) is 0 Å². The largest absolute Gasteiger partial charge is 0.491 e. The lowest BCUT2D eigenvalue weighted by molar-refractivity contribution is -0.149. The summed E-state index contributed by atoms with van der Waals surface area (Å²) >= 11 is 0. The fourth-order valence-electron chi connectivity index (χ4n) is 4.73. The van der Waals surface area contributed by atoms with Gasteiger partial charge >= 0.3 is 5.97 Å². The van der Waals surface area contributed by atoms with Crippen LogP contribution >= 0.6 is 0 Å². The molecule has 0 heterocycles. The molecular formula is C32H36O5. The molecule has 3 aromatic carbocycles. The molecular weight excluding hydrogens is 464 g/mol. The van der Waals surface area contributed by atoms with Crippen molar-refractivity contribution in [2.45, 2.75) is 52.2 Å². The Morgan fingerprint density at radius 1 is 0.892 bits per heavy atom. The highest BCUT2D eigenvalue weighted by Gasteiger charge is 2.23. The maximum absolute atomic E-state index is 11.3. The Morgan fingerprint density at radius 2 is 1.65 bits per heavy atom. The minimum Gasteiger partial charge on any atom is -0.491 e. The topological polar surface area (TPSA) is 65.0 Å². The minimum absolute atomic E-state index is 0.173. The van der Waals surface area contributed by atoms with Crippen LogP contribution < -0.4 is 4.74 Å². The number of fused-ring (bicyclic) bond motifs is 2. The van der Waals surface area contributed by atoms with E-state index in [2.05, 4.69) is 62.4 Å². The summed E-state index contributed by atoms with van der Waals surface area (Å²) in [5.74, 6) is -0.230. The Morgan fingerprint density at radius 3 is 2.38 bits per heavy atom. The van der Waals surface area contributed by atoms with Crippen LogP contribution in [0, 0.1) is 6.92 Å². The summed E-state index contributed by atoms with van der Waals surface area (Å²) < 4.78 is 17.7. The van der Waals surface area contributed by atoms with E-state index in [0.717, 1.165) is 24.2 Å². The lowest BCUT2D eigenvalue weighted by atomic mass is 9.93. The van der Waals surface area contributed by atoms with E-state index in [9.17, 15) is 9.90 Å². The minimum atomic E-state index is -0.951. The molecule has 0 fully saturated rings. The van der Waals surface area contributed by atoms with Gasteiger partial charge in [-0.25, -0.2) is 4.79 Å². The molecule has 0 amide bonds. The van der Waals surface area contributed by atoms with Crippen molar-refractivity contribution in [3.05, 3.63) is 99.6 Å². The molecule has 0 radical (unpaired) electrons. The molecule has 0 aromatic heterocycles. The van der Waals surface area contributed by atoms with Crippen LogP contribution in [0.1, 0.15) is 65.3 Å². The highest BCUT2D eigenvalue weighted by atomic mass is 16.5. The summed E-state index contributed by atoms with van der Waals surface area (Å²) in [6, 6.07) is 20.7. The maximum atomic E-state index is 11.3. The third-order valence-electron chi connectivity index (χ3n) is 6.56. The SMILES string of the molecule is CCCc1ccc2c(c1)C=Cc1ccc(C)cc1C2OCCOc1ccc(CC(OCC)C(=O)O)cc1. The summed E-state index contributed by atoms with van der Waals surface area (Å²) in [4.78, 5) is 11.3. The van der Waals surface area contributed by atoms with Gasteiger partial charge in [0.1, 0.15) is 18.5 Å². The molecule has 4 rings (SSSR count). The molecule has 0 saturated carbocycles. The van der Waals surface area contributed by atoms with Crippen molar-refractivity contribution >= 4 is 18.1 Å². The van der Waals surface area contributed by atoms with Crippen LogP contribution in [0.4, 0.5) is 0 Å². The number of aliphatic carboxylic acids is 1. The molecule has 0 aliphatic heterocycles. The molecule has 5 nitrogen and oxygen atoms in total. The van der Waals surface area contributed by atoms with Gasteiger partial charge in [-0.05, 0) is 65.8 Å². The van der Waals surface area contributed by atoms with Crippen molar-refractivity contribution in [1.82, 2.24) is 0 Å². The van der Waals surface area contributed by atoms with Crippen LogP contribution in [0.5, 0.6) is 5.75 Å². The summed E-state index contributed by atoms with van der Waals surface area (Å²) in [6.07, 6.45) is 5.87. The molecule has 1 aliphatic carbocycles. The standard InChI is InChI=1S/C32H36O5/c1-4-6-23-10-16-28-26(20-23)13-12-25-11-7-22(3)19-29(25)31(28)37-18-17-36-27-14-8-24(9-15-27)21-30(32(33)34)35-5-2/h7-16,19-20,30-31H,4-6,17-18,21H2,1-3H3,(H,33,34). The summed E-state index contributed by atoms with van der Waals surface area (Å²) in [5, 5.41) is 9.30. The van der Waals surface area contributed by atoms with Gasteiger partial charge in [-0.1, -0.05) is 79.6 Å². The van der Waals surface area contributed by atoms with Crippen molar-refractivity contribution < 1.29 is 24.1 Å². The fourth-order valence-corrected chi connectivity index (χ4v) is 4.73. The zero-order valence-electron chi connectivity index (χ0n) is 21.9. The molecule has 5 heteroatoms. The average Bonchev–Trinajstić information content (AvgIpc) is 3.03. The highest BCUT2D eigenvalue weighted by Crippen LogP contribution is 2.36. The highest BCUT2D eigenvalue weighted by molar-refractivity contribution is 5.76. The number of benzene rings is 3. The molecule has 0 bridgehead atoms. The van der Waals surface area contributed by atoms with E-state index in [1.165, 1.54) is 33.4 Å². The van der Waals surface area contributed by atoms with Gasteiger partial charge < -0.3 is 19.3 Å². The van der Waals surface area contributed by atoms with Crippen LogP contribution in [-0.4, -0.2) is 37.0 Å². The second kappa shape index (κ2) is 12.7. The summed E-state index contributed by atoms with van der Waals surface area (Å²) in [6.45, 7) is 7.31. The van der Waals surface area contributed by atoms with E-state index >= 15 is 0 Å². The van der Waals surface area contributed by atoms with Gasteiger partial charge in [-0.2, -0.15) is 0 Å². The number of rotatable bonds is 12. The van der Waals surface area contributed by atoms with Gasteiger partial charge in [0.05, 0.1) is 6.61 Å². The van der Waals surface area contributed by atoms with Crippen LogP contribution in [0.3, 0.4) is 0 Å². The zero-order valence-corrected chi connectivity index (χ0v) is 21.9. The lowest BCUT2D eigenvalue weighted by Crippen LogP contribution is -2.26. The Balaban J connectivity index is 1.42. The molecule has 2 unspecified atom stereocenters. The van der Waals surface area contributed by atoms with E-state index in [1.807, 2.05) is 24.3 Å². The van der Waals surface area contributed by atoms with Crippen molar-refractivity contribution in [3.63, 3.8) is 0 Å². The summed E-state index contributed by atoms with van der Waals surface area (Å²) in [7, 11) is 0. The maximum Gasteiger partial charge on any atom is 0.333 e. The molecule has 0 spiro atoms. The predicted molar refractivity (Wildman–Crippen MR) is 147 cm³/mol. The molecule has 1 N–H and O–H groups in total. The van der Waals surface area contributed by atoms with Gasteiger partial charge in [0.2, 0.25) is 0 Å². The number of hydrogen-bond donors (Lipinski definition) is 1. The molecule has 37 heavy (non-hydrogen) atoms. The lowest BCUT2D eigenvalue weighted by Gasteiger charge is -2.22. The van der Waals surface area contributed by atoms with Gasteiger partial charge in [0, 0.05) is 13.0 Å². The van der Waals surface area contributed by atoms with E-state index in [4.69, 9.17) is 14.2 Å². The van der Waals surface area contributed by atoms with Gasteiger partial charge in [0.25, 0.3) is 0 Å². The second-order valence-electron chi connectivity index (χ2n) is 9.41. The number of carbonyl (C=O) groups is 1. The number of hydrogen-bond acceptors (Lipinski definition) is 4. The van der Waals surface area contributed by atoms with E-state index in [1.54, 1.807) is 6.92 Å². The third kappa shape index (κ3) is 6.88. The van der Waals surface area contributed by atoms with Gasteiger partial charge in [0.15, 0.2) is 6.10 Å². The fraction of sp³-hybridized carbons (Fsp3) is 0.344. The van der Waals surface area contributed by atoms with Crippen LogP contribution in [-0.2, 0) is 27.1 Å². The molecule has 0 saturated heterocycles. The first kappa shape index (κ1) is 26.6. The molecule has 3 aromatic rings. The Labute approximate surface area is 219 Å². The molecule has 194 valence electrons. The Bertz CT molecular complexity index is 1230. The van der Waals surface area contributed by atoms with E-state index < -0.39 is 12.1 Å². The monoisotopic (exact) mass is 500 g/mol. The average molecular weight is 501 g/mol. The normalized spacial score (nSPS) is 14.9. The number of carboxylic acids is 1. The summed E-state index contributed by atoms with van der Waals surface area (Å²) in [5.41, 5.74) is 8.16. The smallest absolute Gasteiger partial charge is 0.333 e. The molecule has 2 atom stereocenters. The quantitative estimate of drug-likeness (QED) is 0.282. The van der Waals surface area contributed by atoms with Crippen LogP contribution in [0.15, 0.2) is 60.7 Å². The first-order valence-corrected chi connectivity index (χ1v) is 13.1. The second-order valence-corrected chi connectivity index (χ2v) is 9.41. The first-order valence-electron chi connectivity index (χ1n) is 13.1. The van der Waals surface area contributed by atoms with Crippen molar-refractivity contribution in [3.8, 4) is 5.75 Å². The van der Waals surface area contributed by atoms with Gasteiger partial charge in [-0.3, -0.25) is 0 Å². The zero-order chi connectivity index (χ0) is 26.2. The van der Waals surface area contributed by atoms with E-state index in [0.29, 0.717) is 26.2 Å². The predicted octanol–water partition coefficient (Wildman–Crippen LogP) is 6.65. The Hall–Kier alpha value is -3.41. The van der Waals surface area contributed by atoms with Crippen LogP contribution in [0.2, 0.25) is 0 Å². The van der Waals surface area contributed by atoms with E-state index in [-0.39, 0.29) is 6.10 Å². The van der Waals surface area contributed by atoms with Crippen molar-refractivity contribution in [2.75, 3.05) is 19.8 Å². The molecule has 1 aliphatic rings. The Kier molecular flexibility index (Phi) is 9.15. The number of aryl methyl sites for hydroxylation is 2. The van der Waals surface area contributed by atoms with Crippen molar-refractivity contribution in [1.29, 1.82) is 0 Å². The van der Waals surface area contributed by atoms with Crippen LogP contribution in [0.25, 0.3) is 12.2 Å². The number of carboxylic acid groups (broad SMARTS) is 1.